The van der Waals surface area contributed by atoms with Crippen LogP contribution >= 0.6 is 0 Å². The van der Waals surface area contributed by atoms with E-state index in [9.17, 15) is 9.90 Å². The summed E-state index contributed by atoms with van der Waals surface area (Å²) in [6.45, 7) is 6.91. The van der Waals surface area contributed by atoms with Crippen molar-refractivity contribution in [1.29, 1.82) is 0 Å². The molecule has 1 aromatic rings. The number of hydrogen-bond acceptors (Lipinski definition) is 4. The molecule has 0 fully saturated rings. The van der Waals surface area contributed by atoms with Crippen LogP contribution in [-0.4, -0.2) is 23.3 Å². The van der Waals surface area contributed by atoms with E-state index in [1.165, 1.54) is 6.26 Å². The quantitative estimate of drug-likeness (QED) is 0.849. The van der Waals surface area contributed by atoms with Crippen molar-refractivity contribution < 1.29 is 19.1 Å². The van der Waals surface area contributed by atoms with Gasteiger partial charge in [0.2, 0.25) is 0 Å². The molecule has 0 aliphatic rings. The normalized spacial score (nSPS) is 15.1. The summed E-state index contributed by atoms with van der Waals surface area (Å²) in [7, 11) is 0. The number of carbonyl (C=O) groups is 1. The maximum Gasteiger partial charge on any atom is 0.407 e. The van der Waals surface area contributed by atoms with Crippen LogP contribution in [0.3, 0.4) is 0 Å². The monoisotopic (exact) mass is 241 g/mol. The lowest BCUT2D eigenvalue weighted by molar-refractivity contribution is 0.0202. The Morgan fingerprint density at radius 1 is 1.47 bits per heavy atom. The molecule has 5 nitrogen and oxygen atoms in total. The molecule has 1 atom stereocenters. The Morgan fingerprint density at radius 2 is 2.12 bits per heavy atom. The number of alkyl carbamates (subject to hydrolysis) is 1. The number of nitrogens with one attached hydrogen (secondary N) is 1. The summed E-state index contributed by atoms with van der Waals surface area (Å²) in [5.41, 5.74) is -1.80. The van der Waals surface area contributed by atoms with E-state index in [4.69, 9.17) is 9.15 Å². The minimum Gasteiger partial charge on any atom is -0.466 e. The molecule has 0 aliphatic carbocycles. The van der Waals surface area contributed by atoms with E-state index in [2.05, 4.69) is 5.32 Å². The molecule has 0 aliphatic heterocycles. The van der Waals surface area contributed by atoms with Crippen LogP contribution in [0.15, 0.2) is 22.8 Å². The van der Waals surface area contributed by atoms with Gasteiger partial charge in [0, 0.05) is 0 Å². The molecule has 0 saturated carbocycles. The van der Waals surface area contributed by atoms with Crippen molar-refractivity contribution in [2.75, 3.05) is 6.54 Å². The van der Waals surface area contributed by atoms with Crippen LogP contribution in [0, 0.1) is 0 Å². The summed E-state index contributed by atoms with van der Waals surface area (Å²) < 4.78 is 10.1. The van der Waals surface area contributed by atoms with Gasteiger partial charge in [0.25, 0.3) is 0 Å². The van der Waals surface area contributed by atoms with Crippen LogP contribution in [0.1, 0.15) is 33.5 Å². The second-order valence-electron chi connectivity index (χ2n) is 5.11. The van der Waals surface area contributed by atoms with E-state index < -0.39 is 17.3 Å². The fourth-order valence-corrected chi connectivity index (χ4v) is 1.23. The zero-order chi connectivity index (χ0) is 13.1. The Labute approximate surface area is 101 Å². The van der Waals surface area contributed by atoms with Crippen molar-refractivity contribution in [1.82, 2.24) is 5.32 Å². The van der Waals surface area contributed by atoms with Gasteiger partial charge in [-0.3, -0.25) is 0 Å². The predicted octanol–water partition coefficient (Wildman–Crippen LogP) is 2.01. The fourth-order valence-electron chi connectivity index (χ4n) is 1.23. The van der Waals surface area contributed by atoms with Gasteiger partial charge in [-0.05, 0) is 39.8 Å². The van der Waals surface area contributed by atoms with Gasteiger partial charge in [-0.2, -0.15) is 0 Å². The summed E-state index contributed by atoms with van der Waals surface area (Å²) in [6.07, 6.45) is 0.904. The van der Waals surface area contributed by atoms with E-state index in [-0.39, 0.29) is 6.54 Å². The topological polar surface area (TPSA) is 71.7 Å². The predicted molar refractivity (Wildman–Crippen MR) is 62.5 cm³/mol. The highest BCUT2D eigenvalue weighted by Gasteiger charge is 2.27. The SMILES string of the molecule is CC(C)(C)OC(=O)NC[C@](C)(O)c1ccco1. The van der Waals surface area contributed by atoms with Crippen molar-refractivity contribution in [3.63, 3.8) is 0 Å². The van der Waals surface area contributed by atoms with E-state index >= 15 is 0 Å². The third-order valence-corrected chi connectivity index (χ3v) is 2.03. The summed E-state index contributed by atoms with van der Waals surface area (Å²) in [5, 5.41) is 12.6. The molecule has 1 heterocycles. The third kappa shape index (κ3) is 4.48. The molecule has 96 valence electrons. The smallest absolute Gasteiger partial charge is 0.407 e. The van der Waals surface area contributed by atoms with Gasteiger partial charge in [-0.15, -0.1) is 0 Å². The van der Waals surface area contributed by atoms with Gasteiger partial charge in [-0.1, -0.05) is 0 Å². The molecule has 17 heavy (non-hydrogen) atoms. The molecular weight excluding hydrogens is 222 g/mol. The fraction of sp³-hybridized carbons (Fsp3) is 0.583. The molecule has 0 saturated heterocycles. The minimum absolute atomic E-state index is 0.0232. The van der Waals surface area contributed by atoms with E-state index in [1.54, 1.807) is 39.8 Å². The summed E-state index contributed by atoms with van der Waals surface area (Å²) in [6, 6.07) is 3.33. The lowest BCUT2D eigenvalue weighted by atomic mass is 10.0. The number of hydrogen-bond donors (Lipinski definition) is 2. The first-order valence-corrected chi connectivity index (χ1v) is 5.44. The van der Waals surface area contributed by atoms with E-state index in [0.29, 0.717) is 5.76 Å². The Kier molecular flexibility index (Phi) is 3.83. The maximum absolute atomic E-state index is 11.4. The van der Waals surface area contributed by atoms with Crippen LogP contribution in [-0.2, 0) is 10.3 Å². The number of ether oxygens (including phenoxy) is 1. The second kappa shape index (κ2) is 4.79. The van der Waals surface area contributed by atoms with Crippen molar-refractivity contribution >= 4 is 6.09 Å². The molecule has 2 N–H and O–H groups in total. The maximum atomic E-state index is 11.4. The average molecular weight is 241 g/mol. The number of aliphatic hydroxyl groups is 1. The molecule has 1 rings (SSSR count). The summed E-state index contributed by atoms with van der Waals surface area (Å²) in [4.78, 5) is 11.4. The van der Waals surface area contributed by atoms with Crippen LogP contribution in [0.4, 0.5) is 4.79 Å². The average Bonchev–Trinajstić information content (AvgIpc) is 2.65. The van der Waals surface area contributed by atoms with Crippen LogP contribution in [0.5, 0.6) is 0 Å². The molecule has 5 heteroatoms. The van der Waals surface area contributed by atoms with Gasteiger partial charge in [0.1, 0.15) is 17.0 Å². The van der Waals surface area contributed by atoms with Crippen LogP contribution < -0.4 is 5.32 Å². The van der Waals surface area contributed by atoms with Crippen LogP contribution in [0.2, 0.25) is 0 Å². The Morgan fingerprint density at radius 3 is 2.59 bits per heavy atom. The van der Waals surface area contributed by atoms with Crippen molar-refractivity contribution in [3.8, 4) is 0 Å². The zero-order valence-electron chi connectivity index (χ0n) is 10.6. The van der Waals surface area contributed by atoms with E-state index in [0.717, 1.165) is 0 Å². The van der Waals surface area contributed by atoms with Gasteiger partial charge >= 0.3 is 6.09 Å². The molecule has 0 radical (unpaired) electrons. The first-order valence-electron chi connectivity index (χ1n) is 5.44. The van der Waals surface area contributed by atoms with E-state index in [1.807, 2.05) is 0 Å². The van der Waals surface area contributed by atoms with Crippen molar-refractivity contribution in [3.05, 3.63) is 24.2 Å². The number of amides is 1. The van der Waals surface area contributed by atoms with Gasteiger partial charge in [0.15, 0.2) is 0 Å². The zero-order valence-corrected chi connectivity index (χ0v) is 10.6. The van der Waals surface area contributed by atoms with Crippen molar-refractivity contribution in [2.24, 2.45) is 0 Å². The number of furan rings is 1. The summed E-state index contributed by atoms with van der Waals surface area (Å²) in [5.74, 6) is 0.397. The molecule has 1 aromatic heterocycles. The third-order valence-electron chi connectivity index (χ3n) is 2.03. The highest BCUT2D eigenvalue weighted by Crippen LogP contribution is 2.19. The molecule has 0 bridgehead atoms. The van der Waals surface area contributed by atoms with Gasteiger partial charge < -0.3 is 19.6 Å². The molecular formula is C12H19NO4. The molecule has 1 amide bonds. The number of carbonyl (C=O) groups excluding carboxylic acids is 1. The number of rotatable bonds is 3. The van der Waals surface area contributed by atoms with Gasteiger partial charge in [-0.25, -0.2) is 4.79 Å². The Bertz CT molecular complexity index is 362. The first kappa shape index (κ1) is 13.6. The van der Waals surface area contributed by atoms with Crippen LogP contribution in [0.25, 0.3) is 0 Å². The Balaban J connectivity index is 2.48. The molecule has 0 unspecified atom stereocenters. The summed E-state index contributed by atoms with van der Waals surface area (Å²) >= 11 is 0. The Hall–Kier alpha value is -1.49. The lowest BCUT2D eigenvalue weighted by Crippen LogP contribution is -2.41. The molecule has 0 spiro atoms. The second-order valence-corrected chi connectivity index (χ2v) is 5.11. The largest absolute Gasteiger partial charge is 0.466 e. The lowest BCUT2D eigenvalue weighted by Gasteiger charge is -2.24. The highest BCUT2D eigenvalue weighted by atomic mass is 16.6. The standard InChI is InChI=1S/C12H19NO4/c1-11(2,3)17-10(14)13-8-12(4,15)9-6-5-7-16-9/h5-7,15H,8H2,1-4H3,(H,13,14)/t12-/m0/s1. The highest BCUT2D eigenvalue weighted by molar-refractivity contribution is 5.67. The van der Waals surface area contributed by atoms with Gasteiger partial charge in [0.05, 0.1) is 12.8 Å². The minimum atomic E-state index is -1.25. The molecule has 0 aromatic carbocycles. The van der Waals surface area contributed by atoms with Crippen molar-refractivity contribution in [2.45, 2.75) is 38.9 Å². The first-order chi connectivity index (χ1) is 7.71.